The van der Waals surface area contributed by atoms with Crippen molar-refractivity contribution < 1.29 is 13.9 Å². The molecule has 1 fully saturated rings. The van der Waals surface area contributed by atoms with Gasteiger partial charge in [0.2, 0.25) is 0 Å². The van der Waals surface area contributed by atoms with Crippen molar-refractivity contribution in [3.8, 4) is 6.07 Å². The second-order valence-electron chi connectivity index (χ2n) is 6.21. The zero-order valence-electron chi connectivity index (χ0n) is 15.4. The normalized spacial score (nSPS) is 13.5. The standard InChI is InChI=1S/C18H19FN8O2/c19-15-13(11-29-18(28)25-17(21)22)3-4-23-16(15)27-7-5-26(6-8-27)14-2-1-12(9-20)10-24-14/h1-4,10H,5-8,11H2,(H4,21,22,25,28). The van der Waals surface area contributed by atoms with Crippen molar-refractivity contribution in [2.75, 3.05) is 36.0 Å². The molecule has 150 valence electrons. The van der Waals surface area contributed by atoms with Crippen LogP contribution in [0.2, 0.25) is 0 Å². The highest BCUT2D eigenvalue weighted by Gasteiger charge is 2.23. The fourth-order valence-electron chi connectivity index (χ4n) is 2.88. The average Bonchev–Trinajstić information content (AvgIpc) is 2.73. The number of pyridine rings is 2. The van der Waals surface area contributed by atoms with Gasteiger partial charge in [-0.3, -0.25) is 10.7 Å². The first-order chi connectivity index (χ1) is 14.0. The van der Waals surface area contributed by atoms with Gasteiger partial charge in [-0.15, -0.1) is 0 Å². The maximum Gasteiger partial charge on any atom is 0.414 e. The minimum absolute atomic E-state index is 0.171. The number of carbonyl (C=O) groups excluding carboxylic acids is 1. The number of piperazine rings is 1. The monoisotopic (exact) mass is 398 g/mol. The predicted octanol–water partition coefficient (Wildman–Crippen LogP) is 0.934. The van der Waals surface area contributed by atoms with Gasteiger partial charge < -0.3 is 20.3 Å². The van der Waals surface area contributed by atoms with Gasteiger partial charge in [0.15, 0.2) is 17.6 Å². The molecule has 0 unspecified atom stereocenters. The van der Waals surface area contributed by atoms with Gasteiger partial charge in [-0.05, 0) is 18.2 Å². The summed E-state index contributed by atoms with van der Waals surface area (Å²) in [6.45, 7) is 1.97. The van der Waals surface area contributed by atoms with Gasteiger partial charge in [-0.1, -0.05) is 0 Å². The largest absolute Gasteiger partial charge is 0.444 e. The number of nitrogens with one attached hydrogen (secondary N) is 2. The summed E-state index contributed by atoms with van der Waals surface area (Å²) in [6, 6.07) is 6.96. The molecule has 0 saturated carbocycles. The first-order valence-electron chi connectivity index (χ1n) is 8.75. The molecule has 0 spiro atoms. The van der Waals surface area contributed by atoms with E-state index in [-0.39, 0.29) is 18.0 Å². The van der Waals surface area contributed by atoms with E-state index < -0.39 is 17.9 Å². The Morgan fingerprint density at radius 1 is 1.28 bits per heavy atom. The summed E-state index contributed by atoms with van der Waals surface area (Å²) >= 11 is 0. The van der Waals surface area contributed by atoms with E-state index in [9.17, 15) is 9.18 Å². The average molecular weight is 398 g/mol. The first-order valence-corrected chi connectivity index (χ1v) is 8.75. The molecule has 2 aromatic heterocycles. The lowest BCUT2D eigenvalue weighted by atomic mass is 10.2. The van der Waals surface area contributed by atoms with E-state index in [0.717, 1.165) is 5.82 Å². The minimum atomic E-state index is -0.932. The van der Waals surface area contributed by atoms with Crippen molar-refractivity contribution in [2.45, 2.75) is 6.61 Å². The number of halogens is 1. The zero-order chi connectivity index (χ0) is 20.8. The summed E-state index contributed by atoms with van der Waals surface area (Å²) in [7, 11) is 0. The Hall–Kier alpha value is -3.94. The minimum Gasteiger partial charge on any atom is -0.444 e. The van der Waals surface area contributed by atoms with Crippen LogP contribution in [0.15, 0.2) is 30.6 Å². The summed E-state index contributed by atoms with van der Waals surface area (Å²) in [5.41, 5.74) is 5.71. The van der Waals surface area contributed by atoms with Crippen molar-refractivity contribution >= 4 is 23.7 Å². The van der Waals surface area contributed by atoms with E-state index in [2.05, 4.69) is 14.9 Å². The number of alkyl carbamates (subject to hydrolysis) is 1. The fraction of sp³-hybridized carbons (Fsp3) is 0.278. The Morgan fingerprint density at radius 3 is 2.62 bits per heavy atom. The second-order valence-corrected chi connectivity index (χ2v) is 6.21. The molecule has 3 heterocycles. The number of aromatic nitrogens is 2. The van der Waals surface area contributed by atoms with E-state index in [1.165, 1.54) is 18.5 Å². The SMILES string of the molecule is N#Cc1ccc(N2CCN(c3nccc(COC(=O)NC(=N)N)c3F)CC2)nc1. The summed E-state index contributed by atoms with van der Waals surface area (Å²) in [6.07, 6.45) is 2.04. The van der Waals surface area contributed by atoms with Gasteiger partial charge >= 0.3 is 6.09 Å². The van der Waals surface area contributed by atoms with E-state index in [4.69, 9.17) is 21.1 Å². The van der Waals surface area contributed by atoms with Gasteiger partial charge in [0.25, 0.3) is 0 Å². The molecule has 0 radical (unpaired) electrons. The maximum absolute atomic E-state index is 14.8. The molecule has 11 heteroatoms. The molecule has 3 rings (SSSR count). The van der Waals surface area contributed by atoms with E-state index in [1.54, 1.807) is 12.1 Å². The number of hydrogen-bond acceptors (Lipinski definition) is 8. The summed E-state index contributed by atoms with van der Waals surface area (Å²) in [4.78, 5) is 23.7. The molecular weight excluding hydrogens is 379 g/mol. The third kappa shape index (κ3) is 4.86. The number of amides is 1. The lowest BCUT2D eigenvalue weighted by Gasteiger charge is -2.36. The van der Waals surface area contributed by atoms with E-state index >= 15 is 0 Å². The summed E-state index contributed by atoms with van der Waals surface area (Å²) in [5, 5.41) is 17.8. The molecule has 1 aliphatic rings. The Balaban J connectivity index is 1.62. The summed E-state index contributed by atoms with van der Waals surface area (Å²) < 4.78 is 19.7. The van der Waals surface area contributed by atoms with Crippen molar-refractivity contribution in [1.82, 2.24) is 15.3 Å². The third-order valence-electron chi connectivity index (χ3n) is 4.33. The van der Waals surface area contributed by atoms with Gasteiger partial charge in [0.1, 0.15) is 18.5 Å². The lowest BCUT2D eigenvalue weighted by molar-refractivity contribution is 0.143. The van der Waals surface area contributed by atoms with Crippen molar-refractivity contribution in [1.29, 1.82) is 10.7 Å². The predicted molar refractivity (Wildman–Crippen MR) is 103 cm³/mol. The van der Waals surface area contributed by atoms with Crippen molar-refractivity contribution in [3.05, 3.63) is 47.5 Å². The van der Waals surface area contributed by atoms with Crippen LogP contribution in [-0.4, -0.2) is 48.2 Å². The van der Waals surface area contributed by atoms with Gasteiger partial charge in [0.05, 0.1) is 5.56 Å². The number of carbonyl (C=O) groups is 1. The molecule has 2 aromatic rings. The molecule has 1 amide bonds. The Labute approximate surface area is 166 Å². The summed E-state index contributed by atoms with van der Waals surface area (Å²) in [5.74, 6) is -0.171. The quantitative estimate of drug-likeness (QED) is 0.510. The van der Waals surface area contributed by atoms with Crippen LogP contribution in [0.3, 0.4) is 0 Å². The number of nitrogens with zero attached hydrogens (tertiary/aromatic N) is 5. The highest BCUT2D eigenvalue weighted by atomic mass is 19.1. The second kappa shape index (κ2) is 8.83. The number of hydrogen-bond donors (Lipinski definition) is 3. The van der Waals surface area contributed by atoms with Gasteiger partial charge in [0, 0.05) is 44.1 Å². The molecule has 29 heavy (non-hydrogen) atoms. The van der Waals surface area contributed by atoms with Crippen LogP contribution in [-0.2, 0) is 11.3 Å². The smallest absolute Gasteiger partial charge is 0.414 e. The van der Waals surface area contributed by atoms with E-state index in [0.29, 0.717) is 31.7 Å². The zero-order valence-corrected chi connectivity index (χ0v) is 15.4. The molecule has 1 saturated heterocycles. The number of rotatable bonds is 4. The Kier molecular flexibility index (Phi) is 6.03. The van der Waals surface area contributed by atoms with Crippen LogP contribution >= 0.6 is 0 Å². The molecule has 1 aliphatic heterocycles. The highest BCUT2D eigenvalue weighted by molar-refractivity contribution is 5.90. The highest BCUT2D eigenvalue weighted by Crippen LogP contribution is 2.23. The molecule has 0 bridgehead atoms. The van der Waals surface area contributed by atoms with Crippen LogP contribution < -0.4 is 20.9 Å². The van der Waals surface area contributed by atoms with Crippen LogP contribution in [0, 0.1) is 22.6 Å². The van der Waals surface area contributed by atoms with Crippen LogP contribution in [0.4, 0.5) is 20.8 Å². The maximum atomic E-state index is 14.8. The van der Waals surface area contributed by atoms with Gasteiger partial charge in [-0.25, -0.2) is 19.2 Å². The Morgan fingerprint density at radius 2 is 2.00 bits per heavy atom. The third-order valence-corrected chi connectivity index (χ3v) is 4.33. The van der Waals surface area contributed by atoms with Crippen LogP contribution in [0.25, 0.3) is 0 Å². The fourth-order valence-corrected chi connectivity index (χ4v) is 2.88. The van der Waals surface area contributed by atoms with Crippen molar-refractivity contribution in [3.63, 3.8) is 0 Å². The van der Waals surface area contributed by atoms with Gasteiger partial charge in [-0.2, -0.15) is 5.26 Å². The topological polar surface area (TPSA) is 144 Å². The number of guanidine groups is 1. The number of anilines is 2. The van der Waals surface area contributed by atoms with E-state index in [1.807, 2.05) is 16.3 Å². The van der Waals surface area contributed by atoms with Crippen LogP contribution in [0.5, 0.6) is 0 Å². The Bertz CT molecular complexity index is 936. The number of nitriles is 1. The van der Waals surface area contributed by atoms with Crippen molar-refractivity contribution in [2.24, 2.45) is 5.73 Å². The number of ether oxygens (including phenoxy) is 1. The molecule has 0 atom stereocenters. The lowest BCUT2D eigenvalue weighted by Crippen LogP contribution is -2.47. The van der Waals surface area contributed by atoms with Crippen LogP contribution in [0.1, 0.15) is 11.1 Å². The molecule has 10 nitrogen and oxygen atoms in total. The molecule has 4 N–H and O–H groups in total. The number of nitrogens with two attached hydrogens (primary N) is 1. The molecule has 0 aliphatic carbocycles. The molecule has 0 aromatic carbocycles. The molecular formula is C18H19FN8O2. The first kappa shape index (κ1) is 19.8.